The topological polar surface area (TPSA) is 35.5 Å². The number of aryl methyl sites for hydroxylation is 1. The van der Waals surface area contributed by atoms with Gasteiger partial charge in [-0.2, -0.15) is 0 Å². The van der Waals surface area contributed by atoms with E-state index in [9.17, 15) is 9.18 Å². The molecule has 2 aromatic carbocycles. The molecular formula is C17H17FO3. The fourth-order valence-electron chi connectivity index (χ4n) is 1.94. The summed E-state index contributed by atoms with van der Waals surface area (Å²) in [5.74, 6) is 0.269. The van der Waals surface area contributed by atoms with E-state index in [0.29, 0.717) is 17.1 Å². The quantitative estimate of drug-likeness (QED) is 0.765. The van der Waals surface area contributed by atoms with Crippen molar-refractivity contribution in [3.63, 3.8) is 0 Å². The number of methoxy groups -OCH3 is 1. The van der Waals surface area contributed by atoms with E-state index in [4.69, 9.17) is 9.47 Å². The molecule has 21 heavy (non-hydrogen) atoms. The van der Waals surface area contributed by atoms with Crippen molar-refractivity contribution in [1.29, 1.82) is 0 Å². The van der Waals surface area contributed by atoms with Gasteiger partial charge < -0.3 is 9.47 Å². The zero-order valence-corrected chi connectivity index (χ0v) is 12.3. The summed E-state index contributed by atoms with van der Waals surface area (Å²) in [6, 6.07) is 9.66. The predicted molar refractivity (Wildman–Crippen MR) is 78.9 cm³/mol. The van der Waals surface area contributed by atoms with Crippen LogP contribution in [-0.4, -0.2) is 12.9 Å². The van der Waals surface area contributed by atoms with Crippen LogP contribution in [-0.2, 0) is 6.42 Å². The van der Waals surface area contributed by atoms with Crippen molar-refractivity contribution in [2.45, 2.75) is 20.3 Å². The molecule has 0 spiro atoms. The molecule has 0 saturated heterocycles. The van der Waals surface area contributed by atoms with Crippen LogP contribution in [0.1, 0.15) is 29.8 Å². The van der Waals surface area contributed by atoms with E-state index in [0.717, 1.165) is 12.0 Å². The summed E-state index contributed by atoms with van der Waals surface area (Å²) >= 11 is 0. The molecule has 0 aliphatic carbocycles. The van der Waals surface area contributed by atoms with Crippen molar-refractivity contribution in [3.8, 4) is 17.2 Å². The van der Waals surface area contributed by atoms with Crippen molar-refractivity contribution >= 4 is 5.78 Å². The molecule has 2 rings (SSSR count). The molecule has 4 heteroatoms. The van der Waals surface area contributed by atoms with E-state index in [-0.39, 0.29) is 11.5 Å². The minimum Gasteiger partial charge on any atom is -0.493 e. The second-order valence-electron chi connectivity index (χ2n) is 4.64. The largest absolute Gasteiger partial charge is 0.493 e. The van der Waals surface area contributed by atoms with E-state index in [2.05, 4.69) is 0 Å². The third-order valence-electron chi connectivity index (χ3n) is 3.19. The first-order valence-electron chi connectivity index (χ1n) is 6.70. The van der Waals surface area contributed by atoms with Crippen molar-refractivity contribution in [1.82, 2.24) is 0 Å². The van der Waals surface area contributed by atoms with Crippen molar-refractivity contribution < 1.29 is 18.7 Å². The summed E-state index contributed by atoms with van der Waals surface area (Å²) in [6.45, 7) is 3.43. The molecule has 0 radical (unpaired) electrons. The maximum atomic E-state index is 14.0. The summed E-state index contributed by atoms with van der Waals surface area (Å²) in [5.41, 5.74) is 1.42. The molecule has 110 valence electrons. The average molecular weight is 288 g/mol. The number of Topliss-reactive ketones (excluding diaryl/α,β-unsaturated/α-hetero) is 1. The van der Waals surface area contributed by atoms with Crippen molar-refractivity contribution in [3.05, 3.63) is 53.3 Å². The van der Waals surface area contributed by atoms with Gasteiger partial charge in [0.05, 0.1) is 7.11 Å². The van der Waals surface area contributed by atoms with Crippen LogP contribution in [0.15, 0.2) is 36.4 Å². The molecule has 0 fully saturated rings. The zero-order valence-electron chi connectivity index (χ0n) is 12.3. The van der Waals surface area contributed by atoms with Crippen LogP contribution in [0.25, 0.3) is 0 Å². The van der Waals surface area contributed by atoms with E-state index < -0.39 is 5.82 Å². The second-order valence-corrected chi connectivity index (χ2v) is 4.64. The highest BCUT2D eigenvalue weighted by atomic mass is 19.1. The third-order valence-corrected chi connectivity index (χ3v) is 3.19. The van der Waals surface area contributed by atoms with E-state index >= 15 is 0 Å². The van der Waals surface area contributed by atoms with Crippen LogP contribution >= 0.6 is 0 Å². The van der Waals surface area contributed by atoms with Gasteiger partial charge in [-0.3, -0.25) is 4.79 Å². The average Bonchev–Trinajstić information content (AvgIpc) is 2.49. The molecule has 0 N–H and O–H groups in total. The Morgan fingerprint density at radius 1 is 1.10 bits per heavy atom. The normalized spacial score (nSPS) is 10.3. The fraction of sp³-hybridized carbons (Fsp3) is 0.235. The number of halogens is 1. The minimum absolute atomic E-state index is 0.0579. The Morgan fingerprint density at radius 3 is 2.38 bits per heavy atom. The number of carbonyl (C=O) groups excluding carboxylic acids is 1. The minimum atomic E-state index is -0.579. The van der Waals surface area contributed by atoms with Crippen molar-refractivity contribution in [2.75, 3.05) is 7.11 Å². The van der Waals surface area contributed by atoms with Gasteiger partial charge in [-0.05, 0) is 49.2 Å². The van der Waals surface area contributed by atoms with E-state index in [1.807, 2.05) is 19.1 Å². The van der Waals surface area contributed by atoms with E-state index in [1.54, 1.807) is 6.07 Å². The van der Waals surface area contributed by atoms with Crippen molar-refractivity contribution in [2.24, 2.45) is 0 Å². The predicted octanol–water partition coefficient (Wildman–Crippen LogP) is 4.39. The maximum absolute atomic E-state index is 14.0. The number of hydrogen-bond donors (Lipinski definition) is 0. The summed E-state index contributed by atoms with van der Waals surface area (Å²) in [7, 11) is 1.54. The van der Waals surface area contributed by atoms with Gasteiger partial charge in [-0.25, -0.2) is 4.39 Å². The van der Waals surface area contributed by atoms with Gasteiger partial charge in [0.1, 0.15) is 0 Å². The molecule has 0 unspecified atom stereocenters. The van der Waals surface area contributed by atoms with Gasteiger partial charge in [0, 0.05) is 5.56 Å². The second kappa shape index (κ2) is 6.39. The Hall–Kier alpha value is -2.36. The lowest BCUT2D eigenvalue weighted by atomic mass is 10.1. The highest BCUT2D eigenvalue weighted by molar-refractivity contribution is 5.94. The van der Waals surface area contributed by atoms with Crippen LogP contribution in [0.4, 0.5) is 4.39 Å². The number of hydrogen-bond acceptors (Lipinski definition) is 3. The van der Waals surface area contributed by atoms with Crippen LogP contribution < -0.4 is 9.47 Å². The maximum Gasteiger partial charge on any atom is 0.169 e. The lowest BCUT2D eigenvalue weighted by Gasteiger charge is -2.12. The highest BCUT2D eigenvalue weighted by Gasteiger charge is 2.11. The standard InChI is InChI=1S/C17H17FO3/c1-4-12-5-7-16(17(9-12)20-3)21-15-8-6-13(11(2)19)10-14(15)18/h5-10H,4H2,1-3H3. The molecule has 0 aliphatic rings. The molecule has 0 bridgehead atoms. The number of carbonyl (C=O) groups is 1. The SMILES string of the molecule is CCc1ccc(Oc2ccc(C(C)=O)cc2F)c(OC)c1. The van der Waals surface area contributed by atoms with E-state index in [1.165, 1.54) is 32.2 Å². The molecule has 0 heterocycles. The van der Waals surface area contributed by atoms with Gasteiger partial charge in [-0.1, -0.05) is 13.0 Å². The third kappa shape index (κ3) is 3.40. The first-order chi connectivity index (χ1) is 10.0. The van der Waals surface area contributed by atoms with Gasteiger partial charge in [-0.15, -0.1) is 0 Å². The monoisotopic (exact) mass is 288 g/mol. The van der Waals surface area contributed by atoms with Gasteiger partial charge >= 0.3 is 0 Å². The molecule has 0 aromatic heterocycles. The van der Waals surface area contributed by atoms with Gasteiger partial charge in [0.2, 0.25) is 0 Å². The molecular weight excluding hydrogens is 271 g/mol. The molecule has 0 atom stereocenters. The zero-order chi connectivity index (χ0) is 15.4. The van der Waals surface area contributed by atoms with Crippen LogP contribution in [0, 0.1) is 5.82 Å². The molecule has 0 aliphatic heterocycles. The first kappa shape index (κ1) is 15.0. The summed E-state index contributed by atoms with van der Waals surface area (Å²) in [4.78, 5) is 11.2. The Balaban J connectivity index is 2.32. The van der Waals surface area contributed by atoms with Crippen LogP contribution in [0.2, 0.25) is 0 Å². The number of ether oxygens (including phenoxy) is 2. The van der Waals surface area contributed by atoms with Gasteiger partial charge in [0.25, 0.3) is 0 Å². The summed E-state index contributed by atoms with van der Waals surface area (Å²) in [5, 5.41) is 0. The molecule has 0 amide bonds. The lowest BCUT2D eigenvalue weighted by molar-refractivity contribution is 0.101. The molecule has 0 saturated carbocycles. The first-order valence-corrected chi connectivity index (χ1v) is 6.70. The molecule has 3 nitrogen and oxygen atoms in total. The smallest absolute Gasteiger partial charge is 0.169 e. The number of rotatable bonds is 5. The highest BCUT2D eigenvalue weighted by Crippen LogP contribution is 2.33. The number of ketones is 1. The Labute approximate surface area is 123 Å². The Morgan fingerprint density at radius 2 is 1.81 bits per heavy atom. The lowest BCUT2D eigenvalue weighted by Crippen LogP contribution is -1.97. The Kier molecular flexibility index (Phi) is 4.58. The molecule has 2 aromatic rings. The Bertz CT molecular complexity index is 665. The van der Waals surface area contributed by atoms with Crippen LogP contribution in [0.3, 0.4) is 0 Å². The fourth-order valence-corrected chi connectivity index (χ4v) is 1.94. The summed E-state index contributed by atoms with van der Waals surface area (Å²) < 4.78 is 24.8. The number of benzene rings is 2. The van der Waals surface area contributed by atoms with Gasteiger partial charge in [0.15, 0.2) is 28.8 Å². The van der Waals surface area contributed by atoms with Crippen LogP contribution in [0.5, 0.6) is 17.2 Å². The summed E-state index contributed by atoms with van der Waals surface area (Å²) in [6.07, 6.45) is 0.873.